The van der Waals surface area contributed by atoms with Gasteiger partial charge in [-0.3, -0.25) is 14.4 Å². The van der Waals surface area contributed by atoms with Crippen LogP contribution in [0.15, 0.2) is 158 Å². The second-order valence-electron chi connectivity index (χ2n) is 17.7. The van der Waals surface area contributed by atoms with Crippen LogP contribution in [-0.2, 0) is 28.6 Å². The smallest absolute Gasteiger partial charge is 0.306 e. The molecular formula is C65H100O6. The quantitative estimate of drug-likeness (QED) is 0.0262. The highest BCUT2D eigenvalue weighted by Gasteiger charge is 2.19. The van der Waals surface area contributed by atoms with Crippen LogP contribution >= 0.6 is 0 Å². The SMILES string of the molecule is CC/C=C\C/C=C\C/C=C\C/C=C\C/C=C\C/C=C\C/C=C\CCCC(=O)OCC(COC(=O)CCCCCCC/C=C\CCCCCC)OC(=O)CCC/C=C\C/C=C\C/C=C\C/C=C\C/C=C\CC. The van der Waals surface area contributed by atoms with Gasteiger partial charge in [0, 0.05) is 19.3 Å². The molecule has 0 spiro atoms. The molecule has 0 aliphatic heterocycles. The van der Waals surface area contributed by atoms with Crippen LogP contribution in [0.1, 0.15) is 213 Å². The maximum atomic E-state index is 12.8. The van der Waals surface area contributed by atoms with Gasteiger partial charge in [-0.15, -0.1) is 0 Å². The van der Waals surface area contributed by atoms with Crippen molar-refractivity contribution in [2.45, 2.75) is 219 Å². The van der Waals surface area contributed by atoms with E-state index in [-0.39, 0.29) is 38.0 Å². The third-order valence-corrected chi connectivity index (χ3v) is 11.0. The first kappa shape index (κ1) is 66.0. The van der Waals surface area contributed by atoms with Gasteiger partial charge >= 0.3 is 17.9 Å². The lowest BCUT2D eigenvalue weighted by atomic mass is 10.1. The second-order valence-corrected chi connectivity index (χ2v) is 17.7. The largest absolute Gasteiger partial charge is 0.462 e. The average molecular weight is 978 g/mol. The number of carbonyl (C=O) groups is 3. The van der Waals surface area contributed by atoms with Gasteiger partial charge in [-0.05, 0) is 135 Å². The van der Waals surface area contributed by atoms with Crippen molar-refractivity contribution >= 4 is 17.9 Å². The molecule has 0 bridgehead atoms. The minimum Gasteiger partial charge on any atom is -0.462 e. The predicted molar refractivity (Wildman–Crippen MR) is 306 cm³/mol. The Balaban J connectivity index is 4.59. The molecule has 0 aliphatic rings. The van der Waals surface area contributed by atoms with Crippen molar-refractivity contribution < 1.29 is 28.6 Å². The van der Waals surface area contributed by atoms with Crippen LogP contribution in [0, 0.1) is 0 Å². The van der Waals surface area contributed by atoms with Gasteiger partial charge in [0.25, 0.3) is 0 Å². The summed E-state index contributed by atoms with van der Waals surface area (Å²) in [5.74, 6) is -1.07. The van der Waals surface area contributed by atoms with Crippen LogP contribution in [0.2, 0.25) is 0 Å². The topological polar surface area (TPSA) is 78.9 Å². The molecule has 396 valence electrons. The molecule has 1 atom stereocenters. The second kappa shape index (κ2) is 57.6. The minimum absolute atomic E-state index is 0.130. The summed E-state index contributed by atoms with van der Waals surface area (Å²) < 4.78 is 16.7. The minimum atomic E-state index is -0.843. The highest BCUT2D eigenvalue weighted by atomic mass is 16.6. The first-order valence-corrected chi connectivity index (χ1v) is 28.0. The molecule has 0 aliphatic carbocycles. The fourth-order valence-electron chi connectivity index (χ4n) is 6.87. The van der Waals surface area contributed by atoms with Crippen LogP contribution < -0.4 is 0 Å². The first-order chi connectivity index (χ1) is 35.0. The van der Waals surface area contributed by atoms with E-state index < -0.39 is 12.1 Å². The maximum Gasteiger partial charge on any atom is 0.306 e. The molecule has 0 aromatic heterocycles. The van der Waals surface area contributed by atoms with Gasteiger partial charge in [0.15, 0.2) is 6.10 Å². The van der Waals surface area contributed by atoms with Crippen molar-refractivity contribution in [2.24, 2.45) is 0 Å². The molecule has 0 saturated carbocycles. The van der Waals surface area contributed by atoms with Crippen molar-refractivity contribution in [2.75, 3.05) is 13.2 Å². The van der Waals surface area contributed by atoms with Crippen molar-refractivity contribution in [1.29, 1.82) is 0 Å². The molecule has 0 aromatic carbocycles. The summed E-state index contributed by atoms with van der Waals surface area (Å²) in [4.78, 5) is 38.1. The molecule has 0 fully saturated rings. The van der Waals surface area contributed by atoms with E-state index in [0.29, 0.717) is 19.3 Å². The Bertz CT molecular complexity index is 1640. The number of allylic oxidation sites excluding steroid dienone is 26. The van der Waals surface area contributed by atoms with Gasteiger partial charge in [0.2, 0.25) is 0 Å². The molecule has 0 amide bonds. The normalized spacial score (nSPS) is 13.3. The lowest BCUT2D eigenvalue weighted by molar-refractivity contribution is -0.167. The molecule has 1 unspecified atom stereocenters. The summed E-state index contributed by atoms with van der Waals surface area (Å²) in [5.41, 5.74) is 0. The van der Waals surface area contributed by atoms with Gasteiger partial charge < -0.3 is 14.2 Å². The predicted octanol–water partition coefficient (Wildman–Crippen LogP) is 19.0. The van der Waals surface area contributed by atoms with Gasteiger partial charge in [-0.2, -0.15) is 0 Å². The standard InChI is InChI=1S/C65H100O6/c1-4-7-10-13-16-19-22-25-27-29-30-31-32-33-34-36-37-40-43-46-49-52-55-58-64(67)70-61-62(60-69-63(66)57-54-51-48-45-42-39-24-21-18-15-12-9-6-3)71-65(68)59-56-53-50-47-44-41-38-35-28-26-23-20-17-14-11-8-5-2/h7-8,10-11,16-17,19-21,24-28,30-31,33-34,37-38,40-41,46-47,49-50,62H,4-6,9,12-15,18,22-23,29,32,35-36,39,42-45,48,51-61H2,1-3H3/b10-7-,11-8-,19-16-,20-17-,24-21-,27-25-,28-26-,31-30-,34-33-,40-37-,41-38-,49-46-,50-47-. The molecule has 0 radical (unpaired) electrons. The van der Waals surface area contributed by atoms with Crippen LogP contribution in [-0.4, -0.2) is 37.2 Å². The lowest BCUT2D eigenvalue weighted by Gasteiger charge is -2.18. The fraction of sp³-hybridized carbons (Fsp3) is 0.554. The number of hydrogen-bond donors (Lipinski definition) is 0. The molecule has 6 heteroatoms. The van der Waals surface area contributed by atoms with E-state index in [4.69, 9.17) is 14.2 Å². The zero-order valence-electron chi connectivity index (χ0n) is 45.2. The van der Waals surface area contributed by atoms with E-state index in [1.807, 2.05) is 0 Å². The summed E-state index contributed by atoms with van der Waals surface area (Å²) in [7, 11) is 0. The van der Waals surface area contributed by atoms with Gasteiger partial charge in [0.05, 0.1) is 0 Å². The van der Waals surface area contributed by atoms with Crippen LogP contribution in [0.4, 0.5) is 0 Å². The van der Waals surface area contributed by atoms with Gasteiger partial charge in [0.1, 0.15) is 13.2 Å². The zero-order valence-corrected chi connectivity index (χ0v) is 45.2. The Hall–Kier alpha value is -4.97. The van der Waals surface area contributed by atoms with E-state index in [2.05, 4.69) is 179 Å². The number of esters is 3. The van der Waals surface area contributed by atoms with E-state index in [9.17, 15) is 14.4 Å². The number of unbranched alkanes of at least 4 members (excludes halogenated alkanes) is 11. The van der Waals surface area contributed by atoms with Crippen LogP contribution in [0.5, 0.6) is 0 Å². The highest BCUT2D eigenvalue weighted by molar-refractivity contribution is 5.71. The number of hydrogen-bond acceptors (Lipinski definition) is 6. The van der Waals surface area contributed by atoms with E-state index in [1.54, 1.807) is 0 Å². The van der Waals surface area contributed by atoms with E-state index >= 15 is 0 Å². The van der Waals surface area contributed by atoms with Crippen molar-refractivity contribution in [3.63, 3.8) is 0 Å². The number of ether oxygens (including phenoxy) is 3. The Morgan fingerprint density at radius 2 is 0.563 bits per heavy atom. The van der Waals surface area contributed by atoms with Crippen LogP contribution in [0.25, 0.3) is 0 Å². The van der Waals surface area contributed by atoms with Crippen LogP contribution in [0.3, 0.4) is 0 Å². The Kier molecular flexibility index (Phi) is 53.6. The summed E-state index contributed by atoms with van der Waals surface area (Å²) in [6.45, 7) is 6.27. The molecule has 0 N–H and O–H groups in total. The third kappa shape index (κ3) is 55.8. The molecular weight excluding hydrogens is 877 g/mol. The summed E-state index contributed by atoms with van der Waals surface area (Å²) in [5, 5.41) is 0. The van der Waals surface area contributed by atoms with Gasteiger partial charge in [-0.25, -0.2) is 0 Å². The Morgan fingerprint density at radius 1 is 0.296 bits per heavy atom. The number of carbonyl (C=O) groups excluding carboxylic acids is 3. The zero-order chi connectivity index (χ0) is 51.4. The van der Waals surface area contributed by atoms with E-state index in [1.165, 1.54) is 38.5 Å². The summed E-state index contributed by atoms with van der Waals surface area (Å²) >= 11 is 0. The maximum absolute atomic E-state index is 12.8. The molecule has 0 heterocycles. The van der Waals surface area contributed by atoms with E-state index in [0.717, 1.165) is 122 Å². The molecule has 6 nitrogen and oxygen atoms in total. The molecule has 0 aromatic rings. The molecule has 71 heavy (non-hydrogen) atoms. The van der Waals surface area contributed by atoms with Gasteiger partial charge in [-0.1, -0.05) is 217 Å². The molecule has 0 saturated heterocycles. The first-order valence-electron chi connectivity index (χ1n) is 28.0. The Morgan fingerprint density at radius 3 is 0.930 bits per heavy atom. The van der Waals surface area contributed by atoms with Crippen molar-refractivity contribution in [3.05, 3.63) is 158 Å². The Labute approximate surface area is 435 Å². The van der Waals surface area contributed by atoms with Crippen molar-refractivity contribution in [3.8, 4) is 0 Å². The number of rotatable bonds is 48. The summed E-state index contributed by atoms with van der Waals surface area (Å²) in [6.07, 6.45) is 83.8. The molecule has 0 rings (SSSR count). The monoisotopic (exact) mass is 977 g/mol. The summed E-state index contributed by atoms with van der Waals surface area (Å²) in [6, 6.07) is 0. The average Bonchev–Trinajstić information content (AvgIpc) is 3.37. The lowest BCUT2D eigenvalue weighted by Crippen LogP contribution is -2.30. The fourth-order valence-corrected chi connectivity index (χ4v) is 6.87. The highest BCUT2D eigenvalue weighted by Crippen LogP contribution is 2.11. The van der Waals surface area contributed by atoms with Crippen molar-refractivity contribution in [1.82, 2.24) is 0 Å². The third-order valence-electron chi connectivity index (χ3n) is 11.0.